The van der Waals surface area contributed by atoms with Gasteiger partial charge in [-0.25, -0.2) is 4.99 Å². The van der Waals surface area contributed by atoms with Gasteiger partial charge in [-0.3, -0.25) is 9.69 Å². The summed E-state index contributed by atoms with van der Waals surface area (Å²) in [5.41, 5.74) is 2.63. The van der Waals surface area contributed by atoms with Crippen LogP contribution in [0.4, 0.5) is 11.4 Å². The molecule has 1 aromatic carbocycles. The number of methoxy groups -OCH3 is 1. The van der Waals surface area contributed by atoms with E-state index in [0.717, 1.165) is 81.1 Å². The van der Waals surface area contributed by atoms with Crippen LogP contribution in [0.2, 0.25) is 0 Å². The van der Waals surface area contributed by atoms with E-state index in [1.807, 2.05) is 6.07 Å². The highest BCUT2D eigenvalue weighted by atomic mass is 16.5. The third-order valence-corrected chi connectivity index (χ3v) is 6.22. The van der Waals surface area contributed by atoms with Crippen molar-refractivity contribution in [1.29, 1.82) is 5.41 Å². The van der Waals surface area contributed by atoms with Gasteiger partial charge in [0.15, 0.2) is 0 Å². The lowest BCUT2D eigenvalue weighted by Crippen LogP contribution is -2.47. The maximum atomic E-state index is 13.2. The molecule has 3 aliphatic rings. The largest absolute Gasteiger partial charge is 0.487 e. The first-order valence-electron chi connectivity index (χ1n) is 11.7. The van der Waals surface area contributed by atoms with Crippen LogP contribution >= 0.6 is 0 Å². The number of allylic oxidation sites excluding steroid dienone is 1. The number of rotatable bonds is 8. The quantitative estimate of drug-likeness (QED) is 0.309. The molecule has 4 rings (SSSR count). The van der Waals surface area contributed by atoms with E-state index in [1.54, 1.807) is 25.6 Å². The molecule has 1 fully saturated rings. The molecule has 0 unspecified atom stereocenters. The molecule has 34 heavy (non-hydrogen) atoms. The van der Waals surface area contributed by atoms with Crippen LogP contribution in [0.25, 0.3) is 0 Å². The first-order valence-corrected chi connectivity index (χ1v) is 11.7. The Morgan fingerprint density at radius 2 is 2.12 bits per heavy atom. The SMILES string of the molecule is COCCCN1CCN(c2cc3c(cc2NC(=O)/C(C=N)=C2\N=CC=CN2)CC(C)(C)O3)CC1. The van der Waals surface area contributed by atoms with Crippen LogP contribution in [-0.4, -0.2) is 75.3 Å². The predicted octanol–water partition coefficient (Wildman–Crippen LogP) is 2.55. The van der Waals surface area contributed by atoms with Crippen LogP contribution in [0, 0.1) is 5.41 Å². The summed E-state index contributed by atoms with van der Waals surface area (Å²) >= 11 is 0. The topological polar surface area (TPSA) is 102 Å². The average molecular weight is 467 g/mol. The zero-order chi connectivity index (χ0) is 24.1. The number of hydrogen-bond acceptors (Lipinski definition) is 8. The number of carbonyl (C=O) groups excluding carboxylic acids is 1. The minimum Gasteiger partial charge on any atom is -0.487 e. The summed E-state index contributed by atoms with van der Waals surface area (Å²) in [7, 11) is 1.73. The number of aliphatic imine (C=N–C) groups is 1. The molecule has 1 amide bonds. The van der Waals surface area contributed by atoms with Gasteiger partial charge in [0.05, 0.1) is 16.9 Å². The fraction of sp³-hybridized carbons (Fsp3) is 0.480. The number of nitrogens with one attached hydrogen (secondary N) is 3. The molecule has 0 radical (unpaired) electrons. The summed E-state index contributed by atoms with van der Waals surface area (Å²) in [6, 6.07) is 4.07. The molecule has 0 bridgehead atoms. The Morgan fingerprint density at radius 1 is 1.32 bits per heavy atom. The summed E-state index contributed by atoms with van der Waals surface area (Å²) < 4.78 is 11.4. The molecule has 1 aromatic rings. The second kappa shape index (κ2) is 10.4. The lowest BCUT2D eigenvalue weighted by atomic mass is 10.0. The predicted molar refractivity (Wildman–Crippen MR) is 135 cm³/mol. The highest BCUT2D eigenvalue weighted by Crippen LogP contribution is 2.42. The standard InChI is InChI=1S/C25H34N6O3/c1-25(2)16-18-14-20(29-24(32)19(17-26)23-27-6-4-7-28-23)21(15-22(18)34-25)31-11-9-30(10-12-31)8-5-13-33-3/h4,6-7,14-15,17,26-27H,5,8-13,16H2,1-3H3,(H,29,32)/b23-19-,26-17?. The Balaban J connectivity index is 1.57. The van der Waals surface area contributed by atoms with Gasteiger partial charge in [-0.15, -0.1) is 0 Å². The van der Waals surface area contributed by atoms with E-state index in [0.29, 0.717) is 5.82 Å². The molecule has 3 aliphatic heterocycles. The molecule has 0 aliphatic carbocycles. The Labute approximate surface area is 201 Å². The number of piperazine rings is 1. The highest BCUT2D eigenvalue weighted by Gasteiger charge is 2.32. The van der Waals surface area contributed by atoms with Crippen LogP contribution in [0.15, 0.2) is 40.8 Å². The minimum absolute atomic E-state index is 0.173. The van der Waals surface area contributed by atoms with Crippen molar-refractivity contribution in [2.45, 2.75) is 32.3 Å². The van der Waals surface area contributed by atoms with Gasteiger partial charge in [0.25, 0.3) is 5.91 Å². The van der Waals surface area contributed by atoms with E-state index in [-0.39, 0.29) is 17.1 Å². The van der Waals surface area contributed by atoms with Crippen molar-refractivity contribution < 1.29 is 14.3 Å². The molecule has 9 nitrogen and oxygen atoms in total. The van der Waals surface area contributed by atoms with Crippen molar-refractivity contribution in [2.75, 3.05) is 56.7 Å². The molecular formula is C25H34N6O3. The van der Waals surface area contributed by atoms with E-state index in [2.05, 4.69) is 45.3 Å². The maximum absolute atomic E-state index is 13.2. The van der Waals surface area contributed by atoms with Gasteiger partial charge in [0.2, 0.25) is 0 Å². The van der Waals surface area contributed by atoms with Crippen molar-refractivity contribution in [2.24, 2.45) is 4.99 Å². The van der Waals surface area contributed by atoms with Gasteiger partial charge in [-0.2, -0.15) is 0 Å². The number of anilines is 2. The fourth-order valence-corrected chi connectivity index (χ4v) is 4.55. The monoisotopic (exact) mass is 466 g/mol. The number of benzene rings is 1. The van der Waals surface area contributed by atoms with Gasteiger partial charge in [-0.1, -0.05) is 0 Å². The molecule has 3 N–H and O–H groups in total. The van der Waals surface area contributed by atoms with E-state index in [9.17, 15) is 4.79 Å². The van der Waals surface area contributed by atoms with E-state index < -0.39 is 0 Å². The van der Waals surface area contributed by atoms with Crippen molar-refractivity contribution >= 4 is 29.7 Å². The summed E-state index contributed by atoms with van der Waals surface area (Å²) in [5, 5.41) is 13.8. The Kier molecular flexibility index (Phi) is 7.33. The number of fused-ring (bicyclic) bond motifs is 1. The summed E-state index contributed by atoms with van der Waals surface area (Å²) in [6.07, 6.45) is 7.84. The molecule has 1 saturated heterocycles. The van der Waals surface area contributed by atoms with Crippen LogP contribution < -0.4 is 20.3 Å². The summed E-state index contributed by atoms with van der Waals surface area (Å²) in [6.45, 7) is 9.53. The van der Waals surface area contributed by atoms with Crippen LogP contribution in [0.1, 0.15) is 25.8 Å². The molecule has 0 spiro atoms. The van der Waals surface area contributed by atoms with Gasteiger partial charge in [0.1, 0.15) is 17.2 Å². The summed E-state index contributed by atoms with van der Waals surface area (Å²) in [5.74, 6) is 0.851. The Hall–Kier alpha value is -3.17. The molecule has 9 heteroatoms. The van der Waals surface area contributed by atoms with E-state index in [1.165, 1.54) is 0 Å². The maximum Gasteiger partial charge on any atom is 0.261 e. The fourth-order valence-electron chi connectivity index (χ4n) is 4.55. The first kappa shape index (κ1) is 24.0. The lowest BCUT2D eigenvalue weighted by Gasteiger charge is -2.37. The zero-order valence-corrected chi connectivity index (χ0v) is 20.2. The second-order valence-corrected chi connectivity index (χ2v) is 9.33. The van der Waals surface area contributed by atoms with Crippen LogP contribution in [0.3, 0.4) is 0 Å². The highest BCUT2D eigenvalue weighted by molar-refractivity contribution is 6.18. The summed E-state index contributed by atoms with van der Waals surface area (Å²) in [4.78, 5) is 22.1. The third kappa shape index (κ3) is 5.48. The third-order valence-electron chi connectivity index (χ3n) is 6.22. The van der Waals surface area contributed by atoms with Crippen molar-refractivity contribution in [1.82, 2.24) is 10.2 Å². The second-order valence-electron chi connectivity index (χ2n) is 9.33. The van der Waals surface area contributed by atoms with Crippen molar-refractivity contribution in [3.8, 4) is 5.75 Å². The molecular weight excluding hydrogens is 432 g/mol. The first-order chi connectivity index (χ1) is 16.4. The average Bonchev–Trinajstić information content (AvgIpc) is 3.13. The van der Waals surface area contributed by atoms with Crippen molar-refractivity contribution in [3.05, 3.63) is 41.4 Å². The van der Waals surface area contributed by atoms with Crippen molar-refractivity contribution in [3.63, 3.8) is 0 Å². The van der Waals surface area contributed by atoms with E-state index in [4.69, 9.17) is 14.9 Å². The number of amides is 1. The Morgan fingerprint density at radius 3 is 2.79 bits per heavy atom. The molecule has 3 heterocycles. The van der Waals surface area contributed by atoms with Crippen LogP contribution in [-0.2, 0) is 16.0 Å². The number of ether oxygens (including phenoxy) is 2. The van der Waals surface area contributed by atoms with Gasteiger partial charge in [-0.05, 0) is 32.4 Å². The Bertz CT molecular complexity index is 1020. The molecule has 182 valence electrons. The van der Waals surface area contributed by atoms with Gasteiger partial charge < -0.3 is 30.4 Å². The zero-order valence-electron chi connectivity index (χ0n) is 20.2. The molecule has 0 atom stereocenters. The minimum atomic E-state index is -0.373. The lowest BCUT2D eigenvalue weighted by molar-refractivity contribution is -0.112. The normalized spacial score (nSPS) is 20.4. The van der Waals surface area contributed by atoms with Gasteiger partial charge >= 0.3 is 0 Å². The van der Waals surface area contributed by atoms with Gasteiger partial charge in [0, 0.05) is 83.1 Å². The number of nitrogens with zero attached hydrogens (tertiary/aromatic N) is 3. The smallest absolute Gasteiger partial charge is 0.261 e. The molecule has 0 saturated carbocycles. The molecule has 0 aromatic heterocycles. The van der Waals surface area contributed by atoms with Crippen LogP contribution in [0.5, 0.6) is 5.75 Å². The van der Waals surface area contributed by atoms with E-state index >= 15 is 0 Å². The number of hydrogen-bond donors (Lipinski definition) is 3. The number of carbonyl (C=O) groups is 1.